The zero-order valence-electron chi connectivity index (χ0n) is 8.66. The van der Waals surface area contributed by atoms with E-state index in [2.05, 4.69) is 5.32 Å². The average molecular weight is 197 g/mol. The van der Waals surface area contributed by atoms with Gasteiger partial charge in [-0.2, -0.15) is 0 Å². The van der Waals surface area contributed by atoms with Crippen LogP contribution in [0, 0.1) is 0 Å². The van der Waals surface area contributed by atoms with Gasteiger partial charge in [-0.05, 0) is 13.0 Å². The highest BCUT2D eigenvalue weighted by atomic mass is 16.6. The zero-order valence-corrected chi connectivity index (χ0v) is 8.66. The molecule has 2 fully saturated rings. The Morgan fingerprint density at radius 2 is 2.36 bits per heavy atom. The summed E-state index contributed by atoms with van der Waals surface area (Å²) in [4.78, 5) is 0. The molecule has 0 aliphatic carbocycles. The number of methoxy groups -OCH3 is 2. The third kappa shape index (κ3) is 1.39. The minimum atomic E-state index is -0.348. The standard InChI is InChI=1S/C9H16BNO3/c1-12-5-9-3-4-11-6(7(9)13-2)8(10)14-9/h6-8,11H,3-5H2,1-2H3. The molecule has 2 heterocycles. The van der Waals surface area contributed by atoms with E-state index in [1.807, 2.05) is 0 Å². The van der Waals surface area contributed by atoms with Crippen LogP contribution in [0.4, 0.5) is 0 Å². The normalized spacial score (nSPS) is 46.9. The lowest BCUT2D eigenvalue weighted by molar-refractivity contribution is -0.124. The predicted molar refractivity (Wildman–Crippen MR) is 52.4 cm³/mol. The number of fused-ring (bicyclic) bond motifs is 2. The van der Waals surface area contributed by atoms with Crippen LogP contribution in [-0.4, -0.2) is 59.0 Å². The molecule has 0 amide bonds. The van der Waals surface area contributed by atoms with Crippen molar-refractivity contribution in [1.29, 1.82) is 0 Å². The van der Waals surface area contributed by atoms with Gasteiger partial charge in [-0.25, -0.2) is 0 Å². The fourth-order valence-corrected chi connectivity index (χ4v) is 2.58. The molecule has 0 aromatic rings. The molecule has 1 N–H and O–H groups in total. The van der Waals surface area contributed by atoms with Crippen LogP contribution in [0.1, 0.15) is 6.42 Å². The van der Waals surface area contributed by atoms with Gasteiger partial charge in [0.2, 0.25) is 0 Å². The summed E-state index contributed by atoms with van der Waals surface area (Å²) in [6.45, 7) is 1.44. The van der Waals surface area contributed by atoms with E-state index in [0.29, 0.717) is 6.61 Å². The summed E-state index contributed by atoms with van der Waals surface area (Å²) in [6, 6.07) is -0.207. The van der Waals surface area contributed by atoms with Crippen LogP contribution in [-0.2, 0) is 14.2 Å². The second-order valence-corrected chi connectivity index (χ2v) is 3.97. The first-order valence-corrected chi connectivity index (χ1v) is 4.92. The number of nitrogens with one attached hydrogen (secondary N) is 1. The Balaban J connectivity index is 2.20. The van der Waals surface area contributed by atoms with E-state index in [1.54, 1.807) is 14.2 Å². The number of ether oxygens (including phenoxy) is 3. The summed E-state index contributed by atoms with van der Waals surface area (Å²) in [5.41, 5.74) is -0.348. The lowest BCUT2D eigenvalue weighted by Gasteiger charge is -2.38. The van der Waals surface area contributed by atoms with Gasteiger partial charge in [0.15, 0.2) is 0 Å². The molecule has 2 radical (unpaired) electrons. The first kappa shape index (κ1) is 10.4. The van der Waals surface area contributed by atoms with E-state index in [0.717, 1.165) is 13.0 Å². The predicted octanol–water partition coefficient (Wildman–Crippen LogP) is -0.727. The molecule has 2 aliphatic rings. The fraction of sp³-hybridized carbons (Fsp3) is 1.00. The third-order valence-corrected chi connectivity index (χ3v) is 3.14. The highest BCUT2D eigenvalue weighted by Crippen LogP contribution is 2.37. The summed E-state index contributed by atoms with van der Waals surface area (Å²) in [6.07, 6.45) is 0.870. The minimum Gasteiger partial charge on any atom is -0.382 e. The topological polar surface area (TPSA) is 39.7 Å². The molecule has 4 atom stereocenters. The molecule has 2 rings (SSSR count). The van der Waals surface area contributed by atoms with Crippen molar-refractivity contribution in [2.45, 2.75) is 30.2 Å². The summed E-state index contributed by atoms with van der Waals surface area (Å²) >= 11 is 0. The van der Waals surface area contributed by atoms with Gasteiger partial charge in [0.1, 0.15) is 19.6 Å². The van der Waals surface area contributed by atoms with Crippen LogP contribution in [0.2, 0.25) is 0 Å². The van der Waals surface area contributed by atoms with E-state index in [9.17, 15) is 0 Å². The largest absolute Gasteiger partial charge is 0.382 e. The first-order valence-electron chi connectivity index (χ1n) is 4.92. The van der Waals surface area contributed by atoms with Crippen LogP contribution in [0.15, 0.2) is 0 Å². The van der Waals surface area contributed by atoms with E-state index >= 15 is 0 Å². The summed E-state index contributed by atoms with van der Waals surface area (Å²) in [5.74, 6) is 0. The summed E-state index contributed by atoms with van der Waals surface area (Å²) in [5, 5.41) is 3.31. The second kappa shape index (κ2) is 3.81. The Morgan fingerprint density at radius 3 is 3.00 bits per heavy atom. The van der Waals surface area contributed by atoms with Gasteiger partial charge >= 0.3 is 0 Å². The maximum atomic E-state index is 5.88. The maximum Gasteiger partial charge on any atom is 0.120 e. The fourth-order valence-electron chi connectivity index (χ4n) is 2.58. The van der Waals surface area contributed by atoms with Gasteiger partial charge in [-0.1, -0.05) is 0 Å². The molecule has 5 heteroatoms. The van der Waals surface area contributed by atoms with E-state index in [1.165, 1.54) is 0 Å². The average Bonchev–Trinajstić information content (AvgIpc) is 2.30. The molecule has 4 nitrogen and oxygen atoms in total. The van der Waals surface area contributed by atoms with Crippen molar-refractivity contribution in [1.82, 2.24) is 5.32 Å². The van der Waals surface area contributed by atoms with Gasteiger partial charge in [-0.3, -0.25) is 0 Å². The molecular formula is C9H16BNO3. The van der Waals surface area contributed by atoms with Gasteiger partial charge in [-0.15, -0.1) is 0 Å². The van der Waals surface area contributed by atoms with Crippen molar-refractivity contribution in [2.24, 2.45) is 0 Å². The van der Waals surface area contributed by atoms with Crippen molar-refractivity contribution in [3.8, 4) is 0 Å². The molecule has 0 aromatic carbocycles. The molecular weight excluding hydrogens is 181 g/mol. The van der Waals surface area contributed by atoms with Crippen LogP contribution >= 0.6 is 0 Å². The molecule has 78 valence electrons. The van der Waals surface area contributed by atoms with Gasteiger partial charge in [0.25, 0.3) is 0 Å². The molecule has 4 unspecified atom stereocenters. The van der Waals surface area contributed by atoms with Crippen LogP contribution in [0.25, 0.3) is 0 Å². The molecule has 2 bridgehead atoms. The SMILES string of the molecule is [B]C1OC2(COC)CCNC1C2OC. The lowest BCUT2D eigenvalue weighted by Crippen LogP contribution is -2.58. The number of hydrogen-bond acceptors (Lipinski definition) is 4. The Hall–Kier alpha value is -0.0951. The van der Waals surface area contributed by atoms with E-state index in [-0.39, 0.29) is 23.8 Å². The maximum absolute atomic E-state index is 5.88. The molecule has 2 saturated heterocycles. The number of hydrogen-bond donors (Lipinski definition) is 1. The monoisotopic (exact) mass is 197 g/mol. The van der Waals surface area contributed by atoms with Crippen LogP contribution in [0.5, 0.6) is 0 Å². The Bertz CT molecular complexity index is 212. The van der Waals surface area contributed by atoms with Crippen LogP contribution in [0.3, 0.4) is 0 Å². The highest BCUT2D eigenvalue weighted by molar-refractivity contribution is 6.11. The first-order chi connectivity index (χ1) is 6.73. The Morgan fingerprint density at radius 1 is 1.57 bits per heavy atom. The molecule has 0 spiro atoms. The van der Waals surface area contributed by atoms with Crippen molar-refractivity contribution in [3.05, 3.63) is 0 Å². The zero-order chi connectivity index (χ0) is 10.2. The van der Waals surface area contributed by atoms with Crippen molar-refractivity contribution >= 4 is 7.85 Å². The molecule has 14 heavy (non-hydrogen) atoms. The molecule has 0 aromatic heterocycles. The molecule has 0 saturated carbocycles. The molecule has 2 aliphatic heterocycles. The highest BCUT2D eigenvalue weighted by Gasteiger charge is 2.55. The Kier molecular flexibility index (Phi) is 2.84. The second-order valence-electron chi connectivity index (χ2n) is 3.97. The smallest absolute Gasteiger partial charge is 0.120 e. The minimum absolute atomic E-state index is 0.00815. The number of rotatable bonds is 3. The van der Waals surface area contributed by atoms with Crippen molar-refractivity contribution < 1.29 is 14.2 Å². The number of piperidine rings is 1. The Labute approximate surface area is 85.7 Å². The lowest BCUT2D eigenvalue weighted by atomic mass is 9.83. The van der Waals surface area contributed by atoms with E-state index in [4.69, 9.17) is 22.1 Å². The van der Waals surface area contributed by atoms with Crippen molar-refractivity contribution in [3.63, 3.8) is 0 Å². The van der Waals surface area contributed by atoms with Crippen LogP contribution < -0.4 is 5.32 Å². The third-order valence-electron chi connectivity index (χ3n) is 3.14. The van der Waals surface area contributed by atoms with Gasteiger partial charge < -0.3 is 19.5 Å². The van der Waals surface area contributed by atoms with Gasteiger partial charge in [0.05, 0.1) is 12.6 Å². The van der Waals surface area contributed by atoms with Gasteiger partial charge in [0, 0.05) is 20.2 Å². The van der Waals surface area contributed by atoms with Crippen molar-refractivity contribution in [2.75, 3.05) is 27.4 Å². The van der Waals surface area contributed by atoms with E-state index < -0.39 is 0 Å². The summed E-state index contributed by atoms with van der Waals surface area (Å²) in [7, 11) is 9.24. The quantitative estimate of drug-likeness (QED) is 0.605. The summed E-state index contributed by atoms with van der Waals surface area (Å²) < 4.78 is 16.4.